The van der Waals surface area contributed by atoms with Gasteiger partial charge in [0.15, 0.2) is 17.5 Å². The molecule has 0 spiro atoms. The summed E-state index contributed by atoms with van der Waals surface area (Å²) in [5.74, 6) is 3.01. The van der Waals surface area contributed by atoms with E-state index in [9.17, 15) is 0 Å². The van der Waals surface area contributed by atoms with Crippen LogP contribution in [0.3, 0.4) is 0 Å². The minimum atomic E-state index is 0.0719. The number of benzene rings is 8. The summed E-state index contributed by atoms with van der Waals surface area (Å²) in [6.45, 7) is 2.77. The lowest BCUT2D eigenvalue weighted by molar-refractivity contribution is 0.343. The highest BCUT2D eigenvalue weighted by molar-refractivity contribution is 7.25. The first-order chi connectivity index (χ1) is 31.6. The summed E-state index contributed by atoms with van der Waals surface area (Å²) in [6, 6.07) is 60.8. The number of anilines is 1. The van der Waals surface area contributed by atoms with Crippen molar-refractivity contribution in [2.75, 3.05) is 11.5 Å². The number of para-hydroxylation sites is 1. The smallest absolute Gasteiger partial charge is 0.164 e. The van der Waals surface area contributed by atoms with Gasteiger partial charge in [0, 0.05) is 60.2 Å². The zero-order valence-corrected chi connectivity index (χ0v) is 35.9. The van der Waals surface area contributed by atoms with Gasteiger partial charge in [-0.15, -0.1) is 11.3 Å². The number of hydrogen-bond acceptors (Lipinski definition) is 6. The molecular weight excluding hydrogens is 801 g/mol. The summed E-state index contributed by atoms with van der Waals surface area (Å²) in [5, 5.41) is 7.14. The number of thiophene rings is 1. The van der Waals surface area contributed by atoms with Crippen LogP contribution in [0.1, 0.15) is 40.9 Å². The molecule has 0 N–H and O–H groups in total. The van der Waals surface area contributed by atoms with Gasteiger partial charge < -0.3 is 9.64 Å². The summed E-state index contributed by atoms with van der Waals surface area (Å²) in [7, 11) is 0. The third kappa shape index (κ3) is 5.94. The third-order valence-corrected chi connectivity index (χ3v) is 14.5. The monoisotopic (exact) mass is 840 g/mol. The maximum Gasteiger partial charge on any atom is 0.164 e. The summed E-state index contributed by atoms with van der Waals surface area (Å²) in [4.78, 5) is 18.7. The molecule has 10 aromatic rings. The van der Waals surface area contributed by atoms with E-state index >= 15 is 0 Å². The predicted octanol–water partition coefficient (Wildman–Crippen LogP) is 14.3. The molecule has 2 unspecified atom stereocenters. The van der Waals surface area contributed by atoms with Crippen LogP contribution in [-0.2, 0) is 6.42 Å². The fourth-order valence-corrected chi connectivity index (χ4v) is 11.5. The van der Waals surface area contributed by atoms with Crippen LogP contribution in [-0.4, -0.2) is 27.6 Å². The molecule has 64 heavy (non-hydrogen) atoms. The number of nitrogens with zero attached hydrogens (tertiary/aromatic N) is 4. The van der Waals surface area contributed by atoms with Crippen molar-refractivity contribution in [3.8, 4) is 28.5 Å². The largest absolute Gasteiger partial charge is 0.487 e. The number of fused-ring (bicyclic) bond motifs is 11. The number of rotatable bonds is 4. The van der Waals surface area contributed by atoms with E-state index in [-0.39, 0.29) is 12.0 Å². The van der Waals surface area contributed by atoms with Gasteiger partial charge in [-0.3, -0.25) is 0 Å². The molecule has 304 valence electrons. The summed E-state index contributed by atoms with van der Waals surface area (Å²) < 4.78 is 9.37. The van der Waals surface area contributed by atoms with E-state index in [1.165, 1.54) is 64.3 Å². The van der Waals surface area contributed by atoms with E-state index in [2.05, 4.69) is 200 Å². The van der Waals surface area contributed by atoms with Crippen molar-refractivity contribution in [3.05, 3.63) is 216 Å². The van der Waals surface area contributed by atoms with Crippen LogP contribution in [0.5, 0.6) is 5.75 Å². The first kappa shape index (κ1) is 36.9. The van der Waals surface area contributed by atoms with E-state index in [0.717, 1.165) is 39.1 Å². The van der Waals surface area contributed by atoms with Crippen LogP contribution in [0.4, 0.5) is 5.69 Å². The fraction of sp³-hybridized carbons (Fsp3) is 0.0862. The molecule has 0 saturated heterocycles. The molecular formula is C58H40N4OS. The zero-order valence-electron chi connectivity index (χ0n) is 35.1. The van der Waals surface area contributed by atoms with Crippen LogP contribution >= 0.6 is 11.3 Å². The second kappa shape index (κ2) is 14.7. The van der Waals surface area contributed by atoms with Crippen molar-refractivity contribution in [1.82, 2.24) is 15.0 Å². The first-order valence-corrected chi connectivity index (χ1v) is 22.8. The Morgan fingerprint density at radius 2 is 1.33 bits per heavy atom. The molecule has 5 nitrogen and oxygen atoms in total. The van der Waals surface area contributed by atoms with E-state index < -0.39 is 0 Å². The van der Waals surface area contributed by atoms with Crippen molar-refractivity contribution in [1.29, 1.82) is 0 Å². The quantitative estimate of drug-likeness (QED) is 0.177. The average Bonchev–Trinajstić information content (AvgIpc) is 3.92. The van der Waals surface area contributed by atoms with E-state index in [1.54, 1.807) is 11.3 Å². The topological polar surface area (TPSA) is 51.1 Å². The number of hydrogen-bond donors (Lipinski definition) is 0. The fourth-order valence-electron chi connectivity index (χ4n) is 10.4. The van der Waals surface area contributed by atoms with Gasteiger partial charge in [0.2, 0.25) is 0 Å². The molecule has 3 aliphatic rings. The highest BCUT2D eigenvalue weighted by atomic mass is 32.1. The van der Waals surface area contributed by atoms with Crippen LogP contribution in [0, 0.1) is 0 Å². The molecule has 0 saturated carbocycles. The van der Waals surface area contributed by atoms with Gasteiger partial charge in [0.05, 0.1) is 17.4 Å². The second-order valence-corrected chi connectivity index (χ2v) is 18.2. The van der Waals surface area contributed by atoms with Crippen molar-refractivity contribution >= 4 is 76.0 Å². The standard InChI is InChI=1S/C58H40N4OS/c1-35-44-18-7-5-16-39(44)33-49-46-30-28-37-14-4-8-19-45(37)55(46)62(54(35)49)43-29-27-42(32-40-17-6-10-22-50(40)63-34-43)57-59-56(41-26-25-36-13-2-3-15-38(36)31-41)60-58(61-57)48-21-12-24-52-53(48)47-20-9-11-23-51(47)64-52/h2-31,33,35,54H,32,34H2,1H3/b42-27+,43-29+. The summed E-state index contributed by atoms with van der Waals surface area (Å²) in [6.07, 6.45) is 7.51. The molecule has 13 rings (SSSR count). The van der Waals surface area contributed by atoms with Crippen LogP contribution in [0.2, 0.25) is 0 Å². The number of allylic oxidation sites excluding steroid dienone is 3. The molecule has 0 fully saturated rings. The van der Waals surface area contributed by atoms with Crippen molar-refractivity contribution in [3.63, 3.8) is 0 Å². The van der Waals surface area contributed by atoms with Crippen LogP contribution in [0.15, 0.2) is 188 Å². The summed E-state index contributed by atoms with van der Waals surface area (Å²) >= 11 is 1.80. The SMILES string of the molecule is CC1c2ccccc2C=C2c3ccc4ccccc4c3N(/C3=C/C=C(/c4nc(-c5ccc6ccccc6c5)nc(-c5cccc6sc7ccccc7c56)n4)Cc4ccccc4OC3)C21. The molecule has 6 heteroatoms. The molecule has 2 aliphatic heterocycles. The number of aromatic nitrogens is 3. The number of ether oxygens (including phenoxy) is 1. The highest BCUT2D eigenvalue weighted by Gasteiger charge is 2.43. The predicted molar refractivity (Wildman–Crippen MR) is 266 cm³/mol. The Morgan fingerprint density at radius 3 is 2.27 bits per heavy atom. The lowest BCUT2D eigenvalue weighted by atomic mass is 9.79. The Hall–Kier alpha value is -7.67. The van der Waals surface area contributed by atoms with E-state index in [0.29, 0.717) is 30.5 Å². The zero-order chi connectivity index (χ0) is 42.3. The summed E-state index contributed by atoms with van der Waals surface area (Å²) in [5.41, 5.74) is 11.6. The van der Waals surface area contributed by atoms with Gasteiger partial charge in [-0.05, 0) is 74.8 Å². The normalized spacial score (nSPS) is 18.4. The van der Waals surface area contributed by atoms with Gasteiger partial charge in [-0.1, -0.05) is 159 Å². The molecule has 0 bridgehead atoms. The van der Waals surface area contributed by atoms with E-state index in [4.69, 9.17) is 19.7 Å². The Kier molecular flexibility index (Phi) is 8.50. The maximum absolute atomic E-state index is 6.92. The molecule has 8 aromatic carbocycles. The molecule has 2 atom stereocenters. The second-order valence-electron chi connectivity index (χ2n) is 17.1. The highest BCUT2D eigenvalue weighted by Crippen LogP contribution is 2.54. The Morgan fingerprint density at radius 1 is 0.594 bits per heavy atom. The molecule has 4 heterocycles. The Bertz CT molecular complexity index is 3650. The van der Waals surface area contributed by atoms with E-state index in [1.807, 2.05) is 0 Å². The van der Waals surface area contributed by atoms with Gasteiger partial charge in [0.1, 0.15) is 12.4 Å². The molecule has 2 aromatic heterocycles. The Balaban J connectivity index is 1.04. The molecule has 0 radical (unpaired) electrons. The van der Waals surface area contributed by atoms with Gasteiger partial charge in [-0.2, -0.15) is 0 Å². The van der Waals surface area contributed by atoms with Gasteiger partial charge in [-0.25, -0.2) is 15.0 Å². The van der Waals surface area contributed by atoms with Crippen molar-refractivity contribution in [2.45, 2.75) is 25.3 Å². The third-order valence-electron chi connectivity index (χ3n) is 13.4. The Labute approximate surface area is 375 Å². The van der Waals surface area contributed by atoms with Crippen LogP contribution in [0.25, 0.3) is 81.7 Å². The van der Waals surface area contributed by atoms with Gasteiger partial charge in [0.25, 0.3) is 0 Å². The minimum Gasteiger partial charge on any atom is -0.487 e. The first-order valence-electron chi connectivity index (χ1n) is 22.0. The lowest BCUT2D eigenvalue weighted by Crippen LogP contribution is -2.38. The van der Waals surface area contributed by atoms with Crippen LogP contribution < -0.4 is 9.64 Å². The molecule has 1 aliphatic carbocycles. The lowest BCUT2D eigenvalue weighted by Gasteiger charge is -2.37. The average molecular weight is 841 g/mol. The van der Waals surface area contributed by atoms with Crippen molar-refractivity contribution < 1.29 is 4.74 Å². The minimum absolute atomic E-state index is 0.0719. The van der Waals surface area contributed by atoms with Gasteiger partial charge >= 0.3 is 0 Å². The van der Waals surface area contributed by atoms with Crippen molar-refractivity contribution in [2.24, 2.45) is 0 Å². The maximum atomic E-state index is 6.92. The molecule has 0 amide bonds.